The third kappa shape index (κ3) is 5.62. The maximum Gasteiger partial charge on any atom is 0.270 e. The van der Waals surface area contributed by atoms with Gasteiger partial charge in [-0.25, -0.2) is 4.98 Å². The summed E-state index contributed by atoms with van der Waals surface area (Å²) in [6.07, 6.45) is 0. The summed E-state index contributed by atoms with van der Waals surface area (Å²) >= 11 is -1.39. The minimum Gasteiger partial charge on any atom is -0.616 e. The normalized spacial score (nSPS) is 11.9. The van der Waals surface area contributed by atoms with Crippen LogP contribution in [-0.2, 0) is 28.3 Å². The van der Waals surface area contributed by atoms with E-state index in [-0.39, 0.29) is 17.4 Å². The van der Waals surface area contributed by atoms with Gasteiger partial charge in [-0.2, -0.15) is 0 Å². The molecule has 7 heteroatoms. The molecule has 1 atom stereocenters. The van der Waals surface area contributed by atoms with E-state index in [9.17, 15) is 9.35 Å². The second-order valence-electron chi connectivity index (χ2n) is 6.71. The molecule has 1 N–H and O–H groups in total. The molecule has 3 rings (SSSR count). The molecule has 1 amide bonds. The minimum absolute atomic E-state index is 0.0959. The first-order valence-corrected chi connectivity index (χ1v) is 10.7. The molecule has 1 unspecified atom stereocenters. The molecule has 0 radical (unpaired) electrons. The van der Waals surface area contributed by atoms with Gasteiger partial charge < -0.3 is 19.0 Å². The fraction of sp³-hybridized carbons (Fsp3) is 0.273. The van der Waals surface area contributed by atoms with Gasteiger partial charge in [-0.3, -0.25) is 4.79 Å². The van der Waals surface area contributed by atoms with E-state index in [1.807, 2.05) is 55.5 Å². The highest BCUT2D eigenvalue weighted by atomic mass is 32.2. The Hall–Kier alpha value is -2.77. The van der Waals surface area contributed by atoms with Gasteiger partial charge >= 0.3 is 0 Å². The SMILES string of the molecule is COc1ccccc1CNC(=O)C[S+]([O-])Cc1nc(-c2ccc(C)cc2)oc1C. The Morgan fingerprint density at radius 1 is 1.17 bits per heavy atom. The van der Waals surface area contributed by atoms with Crippen LogP contribution in [0.25, 0.3) is 11.5 Å². The van der Waals surface area contributed by atoms with E-state index in [2.05, 4.69) is 10.3 Å². The summed E-state index contributed by atoms with van der Waals surface area (Å²) in [6, 6.07) is 15.3. The molecular formula is C22H24N2O4S. The number of nitrogens with zero attached hydrogens (tertiary/aromatic N) is 1. The summed E-state index contributed by atoms with van der Waals surface area (Å²) in [5.74, 6) is 1.60. The Balaban J connectivity index is 1.55. The van der Waals surface area contributed by atoms with E-state index in [1.54, 1.807) is 14.0 Å². The van der Waals surface area contributed by atoms with Crippen molar-refractivity contribution in [2.24, 2.45) is 0 Å². The lowest BCUT2D eigenvalue weighted by atomic mass is 10.1. The average Bonchev–Trinajstić information content (AvgIpc) is 3.07. The highest BCUT2D eigenvalue weighted by molar-refractivity contribution is 7.91. The number of hydrogen-bond donors (Lipinski definition) is 1. The first-order valence-electron chi connectivity index (χ1n) is 9.23. The van der Waals surface area contributed by atoms with Crippen LogP contribution in [0.3, 0.4) is 0 Å². The van der Waals surface area contributed by atoms with Crippen LogP contribution < -0.4 is 10.1 Å². The van der Waals surface area contributed by atoms with E-state index in [0.29, 0.717) is 29.6 Å². The van der Waals surface area contributed by atoms with Crippen LogP contribution in [0.5, 0.6) is 5.75 Å². The van der Waals surface area contributed by atoms with Crippen molar-refractivity contribution in [3.05, 3.63) is 71.1 Å². The lowest BCUT2D eigenvalue weighted by Gasteiger charge is -2.11. The molecule has 0 aliphatic rings. The second-order valence-corrected chi connectivity index (χ2v) is 8.16. The fourth-order valence-corrected chi connectivity index (χ4v) is 3.89. The van der Waals surface area contributed by atoms with Gasteiger partial charge in [0.25, 0.3) is 5.91 Å². The molecule has 0 aliphatic carbocycles. The van der Waals surface area contributed by atoms with Crippen molar-refractivity contribution in [1.82, 2.24) is 10.3 Å². The summed E-state index contributed by atoms with van der Waals surface area (Å²) in [4.78, 5) is 16.6. The molecule has 0 saturated carbocycles. The lowest BCUT2D eigenvalue weighted by Crippen LogP contribution is -2.30. The van der Waals surface area contributed by atoms with Gasteiger partial charge in [0.05, 0.1) is 7.11 Å². The summed E-state index contributed by atoms with van der Waals surface area (Å²) in [7, 11) is 1.58. The first kappa shape index (κ1) is 21.0. The predicted octanol–water partition coefficient (Wildman–Crippen LogP) is 3.53. The number of ether oxygens (including phenoxy) is 1. The molecule has 1 heterocycles. The van der Waals surface area contributed by atoms with Gasteiger partial charge in [0.2, 0.25) is 5.89 Å². The third-order valence-electron chi connectivity index (χ3n) is 4.45. The van der Waals surface area contributed by atoms with Gasteiger partial charge in [-0.1, -0.05) is 35.9 Å². The van der Waals surface area contributed by atoms with Crippen molar-refractivity contribution in [2.45, 2.75) is 26.1 Å². The smallest absolute Gasteiger partial charge is 0.270 e. The van der Waals surface area contributed by atoms with E-state index >= 15 is 0 Å². The fourth-order valence-electron chi connectivity index (χ4n) is 2.83. The number of carbonyl (C=O) groups is 1. The maximum absolute atomic E-state index is 12.4. The number of hydrogen-bond acceptors (Lipinski definition) is 5. The Bertz CT molecular complexity index is 969. The van der Waals surface area contributed by atoms with Crippen molar-refractivity contribution in [1.29, 1.82) is 0 Å². The number of aryl methyl sites for hydroxylation is 2. The Morgan fingerprint density at radius 2 is 1.90 bits per heavy atom. The highest BCUT2D eigenvalue weighted by Gasteiger charge is 2.20. The number of rotatable bonds is 8. The van der Waals surface area contributed by atoms with E-state index in [1.165, 1.54) is 0 Å². The maximum atomic E-state index is 12.4. The van der Waals surface area contributed by atoms with Crippen LogP contribution in [0, 0.1) is 13.8 Å². The van der Waals surface area contributed by atoms with Crippen molar-refractivity contribution in [2.75, 3.05) is 12.9 Å². The van der Waals surface area contributed by atoms with Crippen LogP contribution in [0.1, 0.15) is 22.6 Å². The van der Waals surface area contributed by atoms with E-state index in [0.717, 1.165) is 16.7 Å². The summed E-state index contributed by atoms with van der Waals surface area (Å²) in [5, 5.41) is 2.79. The van der Waals surface area contributed by atoms with Gasteiger partial charge in [0, 0.05) is 17.7 Å². The number of aromatic nitrogens is 1. The van der Waals surface area contributed by atoms with Gasteiger partial charge in [0.15, 0.2) is 11.5 Å². The third-order valence-corrected chi connectivity index (χ3v) is 5.63. The molecule has 152 valence electrons. The number of oxazole rings is 1. The molecule has 1 aromatic heterocycles. The molecule has 0 spiro atoms. The number of amides is 1. The lowest BCUT2D eigenvalue weighted by molar-refractivity contribution is -0.118. The summed E-state index contributed by atoms with van der Waals surface area (Å²) < 4.78 is 23.4. The van der Waals surface area contributed by atoms with Crippen molar-refractivity contribution in [3.63, 3.8) is 0 Å². The standard InChI is InChI=1S/C22H24N2O4S/c1-15-8-10-17(11-9-15)22-24-19(16(2)28-22)13-29(26)14-21(25)23-12-18-6-4-5-7-20(18)27-3/h4-11H,12-14H2,1-3H3,(H,23,25). The van der Waals surface area contributed by atoms with E-state index < -0.39 is 11.2 Å². The Kier molecular flexibility index (Phi) is 6.95. The highest BCUT2D eigenvalue weighted by Crippen LogP contribution is 2.23. The number of carbonyl (C=O) groups excluding carboxylic acids is 1. The molecule has 2 aromatic carbocycles. The van der Waals surface area contributed by atoms with Gasteiger partial charge in [-0.15, -0.1) is 0 Å². The zero-order valence-corrected chi connectivity index (χ0v) is 17.5. The topological polar surface area (TPSA) is 87.4 Å². The Morgan fingerprint density at radius 3 is 2.62 bits per heavy atom. The number of nitrogens with one attached hydrogen (secondary N) is 1. The monoisotopic (exact) mass is 412 g/mol. The van der Waals surface area contributed by atoms with Crippen molar-refractivity contribution < 1.29 is 18.5 Å². The predicted molar refractivity (Wildman–Crippen MR) is 113 cm³/mol. The molecule has 0 fully saturated rings. The average molecular weight is 413 g/mol. The van der Waals surface area contributed by atoms with Crippen molar-refractivity contribution >= 4 is 17.1 Å². The first-order chi connectivity index (χ1) is 14.0. The number of para-hydroxylation sites is 1. The van der Waals surface area contributed by atoms with E-state index in [4.69, 9.17) is 9.15 Å². The summed E-state index contributed by atoms with van der Waals surface area (Å²) in [6.45, 7) is 4.12. The minimum atomic E-state index is -1.39. The van der Waals surface area contributed by atoms with Crippen LogP contribution >= 0.6 is 0 Å². The van der Waals surface area contributed by atoms with Gasteiger partial charge in [0.1, 0.15) is 17.2 Å². The van der Waals surface area contributed by atoms with Crippen LogP contribution in [-0.4, -0.2) is 28.3 Å². The van der Waals surface area contributed by atoms with Crippen molar-refractivity contribution in [3.8, 4) is 17.2 Å². The van der Waals surface area contributed by atoms with Gasteiger partial charge in [-0.05, 0) is 43.2 Å². The zero-order chi connectivity index (χ0) is 20.8. The van der Waals surface area contributed by atoms with Crippen LogP contribution in [0.2, 0.25) is 0 Å². The quantitative estimate of drug-likeness (QED) is 0.572. The second kappa shape index (κ2) is 9.62. The largest absolute Gasteiger partial charge is 0.616 e. The number of methoxy groups -OCH3 is 1. The number of benzene rings is 2. The molecule has 3 aromatic rings. The molecule has 0 bridgehead atoms. The molecular weight excluding hydrogens is 388 g/mol. The molecule has 0 saturated heterocycles. The van der Waals surface area contributed by atoms with Crippen LogP contribution in [0.4, 0.5) is 0 Å². The zero-order valence-electron chi connectivity index (χ0n) is 16.7. The Labute approximate surface area is 173 Å². The molecule has 0 aliphatic heterocycles. The summed E-state index contributed by atoms with van der Waals surface area (Å²) in [5.41, 5.74) is 3.49. The molecule has 6 nitrogen and oxygen atoms in total. The van der Waals surface area contributed by atoms with Crippen LogP contribution in [0.15, 0.2) is 52.9 Å². The molecule has 29 heavy (non-hydrogen) atoms.